The first-order valence-electron chi connectivity index (χ1n) is 6.87. The average molecular weight is 235 g/mol. The van der Waals surface area contributed by atoms with Gasteiger partial charge in [0.2, 0.25) is 0 Å². The van der Waals surface area contributed by atoms with Crippen molar-refractivity contribution in [2.45, 2.75) is 45.6 Å². The Bertz CT molecular complexity index is 310. The first kappa shape index (κ1) is 12.9. The van der Waals surface area contributed by atoms with Crippen molar-refractivity contribution in [1.29, 1.82) is 5.26 Å². The lowest BCUT2D eigenvalue weighted by Crippen LogP contribution is -2.51. The predicted octanol–water partition coefficient (Wildman–Crippen LogP) is 2.00. The van der Waals surface area contributed by atoms with Crippen LogP contribution in [0.1, 0.15) is 40.0 Å². The van der Waals surface area contributed by atoms with E-state index in [1.165, 1.54) is 6.42 Å². The third-order valence-corrected chi connectivity index (χ3v) is 4.52. The average Bonchev–Trinajstić information content (AvgIpc) is 2.49. The van der Waals surface area contributed by atoms with Crippen LogP contribution in [-0.4, -0.2) is 36.6 Å². The molecule has 0 spiro atoms. The van der Waals surface area contributed by atoms with E-state index in [0.717, 1.165) is 39.0 Å². The lowest BCUT2D eigenvalue weighted by molar-refractivity contribution is 0.109. The van der Waals surface area contributed by atoms with Gasteiger partial charge in [0.25, 0.3) is 0 Å². The zero-order valence-corrected chi connectivity index (χ0v) is 11.4. The molecule has 3 nitrogen and oxygen atoms in total. The van der Waals surface area contributed by atoms with E-state index < -0.39 is 0 Å². The van der Waals surface area contributed by atoms with Crippen LogP contribution in [0.2, 0.25) is 0 Å². The van der Waals surface area contributed by atoms with Gasteiger partial charge in [-0.25, -0.2) is 0 Å². The molecule has 0 amide bonds. The van der Waals surface area contributed by atoms with E-state index in [2.05, 4.69) is 37.1 Å². The molecule has 0 aromatic carbocycles. The van der Waals surface area contributed by atoms with E-state index in [0.29, 0.717) is 11.3 Å². The van der Waals surface area contributed by atoms with Crippen LogP contribution >= 0.6 is 0 Å². The molecule has 1 saturated heterocycles. The maximum Gasteiger partial charge on any atom is 0.112 e. The molecule has 0 aromatic rings. The first-order chi connectivity index (χ1) is 8.00. The SMILES string of the molecule is CC1CC(C)(C)CC1(C#N)N1CCCNCC1. The Morgan fingerprint density at radius 1 is 1.29 bits per heavy atom. The maximum atomic E-state index is 9.75. The van der Waals surface area contributed by atoms with Crippen LogP contribution in [0, 0.1) is 22.7 Å². The molecular formula is C14H25N3. The highest BCUT2D eigenvalue weighted by molar-refractivity contribution is 5.18. The summed E-state index contributed by atoms with van der Waals surface area (Å²) in [6, 6.07) is 2.68. The molecule has 1 saturated carbocycles. The van der Waals surface area contributed by atoms with Gasteiger partial charge in [0.15, 0.2) is 0 Å². The zero-order chi connectivity index (χ0) is 12.5. The van der Waals surface area contributed by atoms with Crippen LogP contribution < -0.4 is 5.32 Å². The largest absolute Gasteiger partial charge is 0.315 e. The minimum absolute atomic E-state index is 0.213. The van der Waals surface area contributed by atoms with Crippen LogP contribution in [0.5, 0.6) is 0 Å². The van der Waals surface area contributed by atoms with Crippen LogP contribution in [0.3, 0.4) is 0 Å². The highest BCUT2D eigenvalue weighted by atomic mass is 15.2. The smallest absolute Gasteiger partial charge is 0.112 e. The number of nitrogens with zero attached hydrogens (tertiary/aromatic N) is 2. The molecule has 1 aliphatic carbocycles. The first-order valence-corrected chi connectivity index (χ1v) is 6.87. The molecule has 1 heterocycles. The monoisotopic (exact) mass is 235 g/mol. The number of nitriles is 1. The second kappa shape index (κ2) is 4.59. The van der Waals surface area contributed by atoms with E-state index in [-0.39, 0.29) is 5.54 Å². The third kappa shape index (κ3) is 2.34. The van der Waals surface area contributed by atoms with Gasteiger partial charge in [0, 0.05) is 19.6 Å². The van der Waals surface area contributed by atoms with Crippen LogP contribution in [0.15, 0.2) is 0 Å². The van der Waals surface area contributed by atoms with E-state index in [9.17, 15) is 5.26 Å². The molecular weight excluding hydrogens is 210 g/mol. The van der Waals surface area contributed by atoms with Gasteiger partial charge in [-0.1, -0.05) is 20.8 Å². The van der Waals surface area contributed by atoms with Gasteiger partial charge in [-0.3, -0.25) is 4.90 Å². The number of hydrogen-bond donors (Lipinski definition) is 1. The second-order valence-electron chi connectivity index (χ2n) is 6.57. The van der Waals surface area contributed by atoms with Gasteiger partial charge in [0.05, 0.1) is 6.07 Å². The molecule has 2 fully saturated rings. The number of rotatable bonds is 1. The van der Waals surface area contributed by atoms with Crippen LogP contribution in [-0.2, 0) is 0 Å². The van der Waals surface area contributed by atoms with Crippen molar-refractivity contribution in [3.63, 3.8) is 0 Å². The predicted molar refractivity (Wildman–Crippen MR) is 69.6 cm³/mol. The number of hydrogen-bond acceptors (Lipinski definition) is 3. The van der Waals surface area contributed by atoms with Gasteiger partial charge in [-0.2, -0.15) is 5.26 Å². The Morgan fingerprint density at radius 3 is 2.65 bits per heavy atom. The van der Waals surface area contributed by atoms with Gasteiger partial charge in [0.1, 0.15) is 5.54 Å². The molecule has 2 rings (SSSR count). The lowest BCUT2D eigenvalue weighted by atomic mass is 9.85. The Labute approximate surface area is 105 Å². The molecule has 2 atom stereocenters. The highest BCUT2D eigenvalue weighted by Gasteiger charge is 2.52. The summed E-state index contributed by atoms with van der Waals surface area (Å²) in [6.45, 7) is 11.1. The van der Waals surface area contributed by atoms with Crippen molar-refractivity contribution in [3.05, 3.63) is 0 Å². The topological polar surface area (TPSA) is 39.1 Å². The zero-order valence-electron chi connectivity index (χ0n) is 11.4. The molecule has 2 unspecified atom stereocenters. The Balaban J connectivity index is 2.22. The summed E-state index contributed by atoms with van der Waals surface area (Å²) in [7, 11) is 0. The molecule has 0 radical (unpaired) electrons. The van der Waals surface area contributed by atoms with Crippen molar-refractivity contribution in [3.8, 4) is 6.07 Å². The molecule has 96 valence electrons. The number of nitrogens with one attached hydrogen (secondary N) is 1. The van der Waals surface area contributed by atoms with Gasteiger partial charge < -0.3 is 5.32 Å². The molecule has 0 aromatic heterocycles. The summed E-state index contributed by atoms with van der Waals surface area (Å²) >= 11 is 0. The summed E-state index contributed by atoms with van der Waals surface area (Å²) in [6.07, 6.45) is 3.36. The molecule has 1 N–H and O–H groups in total. The molecule has 3 heteroatoms. The minimum atomic E-state index is -0.213. The van der Waals surface area contributed by atoms with Crippen molar-refractivity contribution in [2.24, 2.45) is 11.3 Å². The van der Waals surface area contributed by atoms with Crippen LogP contribution in [0.4, 0.5) is 0 Å². The normalized spacial score (nSPS) is 38.6. The second-order valence-corrected chi connectivity index (χ2v) is 6.57. The summed E-state index contributed by atoms with van der Waals surface area (Å²) in [4.78, 5) is 2.45. The summed E-state index contributed by atoms with van der Waals surface area (Å²) in [5.41, 5.74) is 0.102. The Hall–Kier alpha value is -0.590. The quantitative estimate of drug-likeness (QED) is 0.755. The lowest BCUT2D eigenvalue weighted by Gasteiger charge is -2.38. The van der Waals surface area contributed by atoms with Crippen molar-refractivity contribution >= 4 is 0 Å². The fraction of sp³-hybridized carbons (Fsp3) is 0.929. The molecule has 17 heavy (non-hydrogen) atoms. The summed E-state index contributed by atoms with van der Waals surface area (Å²) < 4.78 is 0. The maximum absolute atomic E-state index is 9.75. The highest BCUT2D eigenvalue weighted by Crippen LogP contribution is 2.50. The molecule has 0 bridgehead atoms. The van der Waals surface area contributed by atoms with Crippen molar-refractivity contribution < 1.29 is 0 Å². The molecule has 2 aliphatic rings. The van der Waals surface area contributed by atoms with Gasteiger partial charge >= 0.3 is 0 Å². The van der Waals surface area contributed by atoms with Crippen LogP contribution in [0.25, 0.3) is 0 Å². The van der Waals surface area contributed by atoms with E-state index in [1.807, 2.05) is 0 Å². The van der Waals surface area contributed by atoms with Gasteiger partial charge in [-0.15, -0.1) is 0 Å². The fourth-order valence-electron chi connectivity index (χ4n) is 3.86. The van der Waals surface area contributed by atoms with E-state index in [1.54, 1.807) is 0 Å². The van der Waals surface area contributed by atoms with E-state index >= 15 is 0 Å². The van der Waals surface area contributed by atoms with Crippen molar-refractivity contribution in [2.75, 3.05) is 26.2 Å². The fourth-order valence-corrected chi connectivity index (χ4v) is 3.86. The van der Waals surface area contributed by atoms with E-state index in [4.69, 9.17) is 0 Å². The minimum Gasteiger partial charge on any atom is -0.315 e. The Kier molecular flexibility index (Phi) is 3.47. The van der Waals surface area contributed by atoms with Crippen molar-refractivity contribution in [1.82, 2.24) is 10.2 Å². The third-order valence-electron chi connectivity index (χ3n) is 4.52. The summed E-state index contributed by atoms with van der Waals surface area (Å²) in [5.74, 6) is 0.487. The Morgan fingerprint density at radius 2 is 2.06 bits per heavy atom. The molecule has 1 aliphatic heterocycles. The summed E-state index contributed by atoms with van der Waals surface area (Å²) in [5, 5.41) is 13.2. The van der Waals surface area contributed by atoms with Gasteiger partial charge in [-0.05, 0) is 37.1 Å². The standard InChI is InChI=1S/C14H25N3/c1-12-9-13(2,3)10-14(12,11-15)17-7-4-5-16-6-8-17/h12,16H,4-10H2,1-3H3.